The number of nitrogens with zero attached hydrogens (tertiary/aromatic N) is 4. The molecule has 7 nitrogen and oxygen atoms in total. The van der Waals surface area contributed by atoms with Gasteiger partial charge in [-0.05, 0) is 62.3 Å². The van der Waals surface area contributed by atoms with Gasteiger partial charge in [0.1, 0.15) is 0 Å². The number of ether oxygens (including phenoxy) is 1. The van der Waals surface area contributed by atoms with Gasteiger partial charge in [-0.25, -0.2) is 0 Å². The Kier molecular flexibility index (Phi) is 8.28. The zero-order valence-corrected chi connectivity index (χ0v) is 22.8. The minimum atomic E-state index is 0.355. The van der Waals surface area contributed by atoms with Crippen molar-refractivity contribution < 1.29 is 4.74 Å². The lowest BCUT2D eigenvalue weighted by Crippen LogP contribution is -2.31. The van der Waals surface area contributed by atoms with Gasteiger partial charge in [-0.3, -0.25) is 0 Å². The molecular formula is C30H34N6OS. The summed E-state index contributed by atoms with van der Waals surface area (Å²) in [5.41, 5.74) is 5.64. The molecule has 0 bridgehead atoms. The third-order valence-electron chi connectivity index (χ3n) is 6.75. The second kappa shape index (κ2) is 12.2. The van der Waals surface area contributed by atoms with E-state index in [-0.39, 0.29) is 0 Å². The third kappa shape index (κ3) is 6.02. The standard InChI is InChI=1S/C29H30N6O.CH4S/c1-20-9-11-21(12-10-20)15-18-36-29-33-27(32-28(34-29)35-16-5-2-6-17-35)30-22-13-14-26-24(19-22)23-7-3-4-8-25(23)31-26;1-2/h3-4,7-14,19,31H,2,5-6,15-18H2,1H3,(H,30,32,33,34);2H,1H3. The van der Waals surface area contributed by atoms with Crippen LogP contribution in [0.15, 0.2) is 66.7 Å². The second-order valence-corrected chi connectivity index (χ2v) is 9.43. The number of hydrogen-bond donors (Lipinski definition) is 3. The molecule has 5 aromatic rings. The normalized spacial score (nSPS) is 13.3. The van der Waals surface area contributed by atoms with Crippen LogP contribution in [-0.2, 0) is 6.42 Å². The van der Waals surface area contributed by atoms with Crippen molar-refractivity contribution in [3.8, 4) is 6.01 Å². The molecule has 2 N–H and O–H groups in total. The van der Waals surface area contributed by atoms with E-state index < -0.39 is 0 Å². The van der Waals surface area contributed by atoms with E-state index in [9.17, 15) is 0 Å². The molecule has 196 valence electrons. The number of rotatable bonds is 7. The fourth-order valence-electron chi connectivity index (χ4n) is 4.77. The first-order valence-electron chi connectivity index (χ1n) is 13.1. The predicted molar refractivity (Wildman–Crippen MR) is 160 cm³/mol. The van der Waals surface area contributed by atoms with Crippen LogP contribution < -0.4 is 15.0 Å². The van der Waals surface area contributed by atoms with Crippen molar-refractivity contribution in [1.29, 1.82) is 0 Å². The molecule has 3 aromatic carbocycles. The zero-order chi connectivity index (χ0) is 26.3. The minimum Gasteiger partial charge on any atom is -0.463 e. The molecule has 1 fully saturated rings. The molecule has 2 aromatic heterocycles. The van der Waals surface area contributed by atoms with E-state index in [1.807, 2.05) is 12.1 Å². The Balaban J connectivity index is 0.00000144. The van der Waals surface area contributed by atoms with E-state index in [0.717, 1.165) is 54.5 Å². The van der Waals surface area contributed by atoms with Crippen LogP contribution in [0.4, 0.5) is 17.6 Å². The van der Waals surface area contributed by atoms with Gasteiger partial charge in [0, 0.05) is 47.0 Å². The Morgan fingerprint density at radius 1 is 0.868 bits per heavy atom. The quantitative estimate of drug-likeness (QED) is 0.204. The van der Waals surface area contributed by atoms with Crippen molar-refractivity contribution >= 4 is 52.0 Å². The van der Waals surface area contributed by atoms with Crippen molar-refractivity contribution in [2.24, 2.45) is 0 Å². The van der Waals surface area contributed by atoms with Crippen LogP contribution in [0.3, 0.4) is 0 Å². The summed E-state index contributed by atoms with van der Waals surface area (Å²) in [4.78, 5) is 19.7. The topological polar surface area (TPSA) is 79.0 Å². The maximum Gasteiger partial charge on any atom is 0.323 e. The van der Waals surface area contributed by atoms with Crippen LogP contribution in [0.2, 0.25) is 0 Å². The summed E-state index contributed by atoms with van der Waals surface area (Å²) in [5.74, 6) is 1.17. The largest absolute Gasteiger partial charge is 0.463 e. The highest BCUT2D eigenvalue weighted by atomic mass is 32.1. The lowest BCUT2D eigenvalue weighted by atomic mass is 10.1. The number of fused-ring (bicyclic) bond motifs is 3. The lowest BCUT2D eigenvalue weighted by Gasteiger charge is -2.26. The first-order valence-corrected chi connectivity index (χ1v) is 14.0. The molecule has 0 radical (unpaired) electrons. The molecule has 3 heterocycles. The SMILES string of the molecule is CS.Cc1ccc(CCOc2nc(Nc3ccc4[nH]c5ccccc5c4c3)nc(N3CCCCC3)n2)cc1. The average molecular weight is 527 g/mol. The minimum absolute atomic E-state index is 0.355. The second-order valence-electron chi connectivity index (χ2n) is 9.43. The van der Waals surface area contributed by atoms with E-state index in [1.54, 1.807) is 6.26 Å². The summed E-state index contributed by atoms with van der Waals surface area (Å²) < 4.78 is 6.03. The molecule has 6 rings (SSSR count). The predicted octanol–water partition coefficient (Wildman–Crippen LogP) is 6.72. The van der Waals surface area contributed by atoms with Gasteiger partial charge in [0.15, 0.2) is 0 Å². The fourth-order valence-corrected chi connectivity index (χ4v) is 4.77. The summed E-state index contributed by atoms with van der Waals surface area (Å²) in [6.07, 6.45) is 6.03. The molecule has 0 saturated carbocycles. The first-order chi connectivity index (χ1) is 18.7. The van der Waals surface area contributed by atoms with Gasteiger partial charge in [-0.2, -0.15) is 27.6 Å². The lowest BCUT2D eigenvalue weighted by molar-refractivity contribution is 0.295. The van der Waals surface area contributed by atoms with Crippen molar-refractivity contribution in [2.45, 2.75) is 32.6 Å². The van der Waals surface area contributed by atoms with Crippen LogP contribution in [0.1, 0.15) is 30.4 Å². The van der Waals surface area contributed by atoms with Gasteiger partial charge in [0.05, 0.1) is 6.61 Å². The van der Waals surface area contributed by atoms with Crippen LogP contribution in [-0.4, -0.2) is 45.9 Å². The molecule has 1 aliphatic heterocycles. The molecule has 0 aliphatic carbocycles. The summed E-state index contributed by atoms with van der Waals surface area (Å²) in [6.45, 7) is 4.51. The highest BCUT2D eigenvalue weighted by Crippen LogP contribution is 2.29. The van der Waals surface area contributed by atoms with Crippen LogP contribution in [0, 0.1) is 6.92 Å². The van der Waals surface area contributed by atoms with Crippen molar-refractivity contribution in [3.63, 3.8) is 0 Å². The van der Waals surface area contributed by atoms with Gasteiger partial charge in [0.25, 0.3) is 0 Å². The highest BCUT2D eigenvalue weighted by Gasteiger charge is 2.17. The number of aromatic amines is 1. The van der Waals surface area contributed by atoms with Gasteiger partial charge in [-0.15, -0.1) is 0 Å². The fraction of sp³-hybridized carbons (Fsp3) is 0.300. The number of para-hydroxylation sites is 1. The van der Waals surface area contributed by atoms with Gasteiger partial charge < -0.3 is 19.9 Å². The number of anilines is 3. The first kappa shape index (κ1) is 25.9. The molecule has 0 spiro atoms. The van der Waals surface area contributed by atoms with Crippen molar-refractivity contribution in [1.82, 2.24) is 19.9 Å². The molecule has 38 heavy (non-hydrogen) atoms. The van der Waals surface area contributed by atoms with Crippen LogP contribution >= 0.6 is 12.6 Å². The Morgan fingerprint density at radius 2 is 1.63 bits per heavy atom. The Morgan fingerprint density at radius 3 is 2.45 bits per heavy atom. The maximum absolute atomic E-state index is 6.03. The summed E-state index contributed by atoms with van der Waals surface area (Å²) in [7, 11) is 0. The molecule has 1 saturated heterocycles. The van der Waals surface area contributed by atoms with E-state index in [2.05, 4.69) is 99.3 Å². The molecular weight excluding hydrogens is 492 g/mol. The van der Waals surface area contributed by atoms with E-state index >= 15 is 0 Å². The van der Waals surface area contributed by atoms with Gasteiger partial charge in [-0.1, -0.05) is 48.0 Å². The van der Waals surface area contributed by atoms with Crippen LogP contribution in [0.25, 0.3) is 21.8 Å². The van der Waals surface area contributed by atoms with E-state index in [4.69, 9.17) is 9.72 Å². The van der Waals surface area contributed by atoms with E-state index in [1.165, 1.54) is 22.9 Å². The van der Waals surface area contributed by atoms with Gasteiger partial charge in [0.2, 0.25) is 11.9 Å². The number of aromatic nitrogens is 4. The number of piperidine rings is 1. The summed E-state index contributed by atoms with van der Waals surface area (Å²) in [6, 6.07) is 23.5. The van der Waals surface area contributed by atoms with Crippen molar-refractivity contribution in [2.75, 3.05) is 36.2 Å². The number of benzene rings is 3. The summed E-state index contributed by atoms with van der Waals surface area (Å²) >= 11 is 3.53. The number of hydrogen-bond acceptors (Lipinski definition) is 7. The Hall–Kier alpha value is -3.78. The molecule has 0 unspecified atom stereocenters. The van der Waals surface area contributed by atoms with Gasteiger partial charge >= 0.3 is 6.01 Å². The Bertz CT molecular complexity index is 1490. The number of H-pyrrole nitrogens is 1. The summed E-state index contributed by atoms with van der Waals surface area (Å²) in [5, 5.41) is 5.76. The number of thiol groups is 1. The molecule has 8 heteroatoms. The molecule has 0 amide bonds. The maximum atomic E-state index is 6.03. The third-order valence-corrected chi connectivity index (χ3v) is 6.75. The highest BCUT2D eigenvalue weighted by molar-refractivity contribution is 7.79. The number of aryl methyl sites for hydroxylation is 1. The smallest absolute Gasteiger partial charge is 0.323 e. The average Bonchev–Trinajstić information content (AvgIpc) is 3.34. The molecule has 1 aliphatic rings. The number of nitrogens with one attached hydrogen (secondary N) is 2. The monoisotopic (exact) mass is 526 g/mol. The van der Waals surface area contributed by atoms with E-state index in [0.29, 0.717) is 24.5 Å². The molecule has 0 atom stereocenters. The zero-order valence-electron chi connectivity index (χ0n) is 21.9. The van der Waals surface area contributed by atoms with Crippen LogP contribution in [0.5, 0.6) is 6.01 Å². The van der Waals surface area contributed by atoms with Crippen molar-refractivity contribution in [3.05, 3.63) is 77.9 Å². The Labute approximate surface area is 229 Å².